The van der Waals surface area contributed by atoms with Crippen molar-refractivity contribution in [3.8, 4) is 0 Å². The molecule has 14 nitrogen and oxygen atoms in total. The van der Waals surface area contributed by atoms with Crippen LogP contribution in [0.15, 0.2) is 84.9 Å². The number of rotatable bonds is 13. The van der Waals surface area contributed by atoms with Crippen LogP contribution in [-0.2, 0) is 64.7 Å². The second-order valence-electron chi connectivity index (χ2n) is 11.1. The maximum absolute atomic E-state index is 14.5. The molecule has 3 aromatic carbocycles. The SMILES string of the molecule is CC(=O)OC[C@H]1O[C@@H](OP(=O)(OCc2ccccc2)OCc2ccccc2)[C@H](N2C(=O)c3ccccc3C2=O)[C@@H](OC(C)=O)[C@@H]1OC(C)=O. The Kier molecular flexibility index (Phi) is 11.4. The van der Waals surface area contributed by atoms with Crippen LogP contribution >= 0.6 is 7.82 Å². The molecule has 2 amide bonds. The van der Waals surface area contributed by atoms with E-state index in [0.717, 1.165) is 25.7 Å². The molecule has 2 aliphatic heterocycles. The smallest absolute Gasteiger partial charge is 0.463 e. The number of phosphoric ester groups is 1. The molecule has 0 saturated carbocycles. The lowest BCUT2D eigenvalue weighted by Gasteiger charge is -2.47. The monoisotopic (exact) mass is 695 g/mol. The van der Waals surface area contributed by atoms with E-state index in [4.69, 9.17) is 32.5 Å². The van der Waals surface area contributed by atoms with Gasteiger partial charge in [0.25, 0.3) is 11.8 Å². The number of amides is 2. The minimum Gasteiger partial charge on any atom is -0.463 e. The number of benzene rings is 3. The largest absolute Gasteiger partial charge is 0.477 e. The average Bonchev–Trinajstić information content (AvgIpc) is 3.33. The first-order chi connectivity index (χ1) is 23.5. The van der Waals surface area contributed by atoms with Crippen LogP contribution in [0.1, 0.15) is 52.6 Å². The van der Waals surface area contributed by atoms with Crippen LogP contribution in [0.4, 0.5) is 0 Å². The van der Waals surface area contributed by atoms with Gasteiger partial charge in [-0.2, -0.15) is 0 Å². The molecule has 5 rings (SSSR count). The first-order valence-electron chi connectivity index (χ1n) is 15.2. The zero-order chi connectivity index (χ0) is 35.1. The number of carbonyl (C=O) groups excluding carboxylic acids is 5. The van der Waals surface area contributed by atoms with Gasteiger partial charge < -0.3 is 18.9 Å². The maximum Gasteiger partial charge on any atom is 0.477 e. The van der Waals surface area contributed by atoms with Gasteiger partial charge in [0, 0.05) is 20.8 Å². The normalized spacial score (nSPS) is 21.9. The Bertz CT molecular complexity index is 1650. The number of phosphoric acid groups is 1. The minimum atomic E-state index is -4.71. The summed E-state index contributed by atoms with van der Waals surface area (Å²) >= 11 is 0. The summed E-state index contributed by atoms with van der Waals surface area (Å²) in [4.78, 5) is 65.1. The molecule has 5 atom stereocenters. The third-order valence-corrected chi connectivity index (χ3v) is 8.85. The summed E-state index contributed by atoms with van der Waals surface area (Å²) < 4.78 is 54.5. The summed E-state index contributed by atoms with van der Waals surface area (Å²) in [6, 6.07) is 21.7. The number of esters is 3. The van der Waals surface area contributed by atoms with Gasteiger partial charge in [0.2, 0.25) is 0 Å². The van der Waals surface area contributed by atoms with Crippen molar-refractivity contribution in [2.24, 2.45) is 0 Å². The van der Waals surface area contributed by atoms with Crippen molar-refractivity contribution in [1.82, 2.24) is 4.90 Å². The number of nitrogens with zero attached hydrogens (tertiary/aromatic N) is 1. The lowest BCUT2D eigenvalue weighted by molar-refractivity contribution is -0.269. The molecule has 0 aliphatic carbocycles. The molecule has 2 heterocycles. The van der Waals surface area contributed by atoms with E-state index in [1.807, 2.05) is 0 Å². The van der Waals surface area contributed by atoms with E-state index in [2.05, 4.69) is 0 Å². The number of fused-ring (bicyclic) bond motifs is 1. The van der Waals surface area contributed by atoms with E-state index in [-0.39, 0.29) is 24.3 Å². The predicted molar refractivity (Wildman–Crippen MR) is 168 cm³/mol. The zero-order valence-electron chi connectivity index (χ0n) is 26.8. The Hall–Kier alpha value is -4.72. The summed E-state index contributed by atoms with van der Waals surface area (Å²) in [7, 11) is -4.71. The van der Waals surface area contributed by atoms with Gasteiger partial charge in [-0.25, -0.2) is 4.57 Å². The Morgan fingerprint density at radius 3 is 1.63 bits per heavy atom. The van der Waals surface area contributed by atoms with E-state index >= 15 is 0 Å². The first kappa shape index (κ1) is 35.6. The predicted octanol–water partition coefficient (Wildman–Crippen LogP) is 4.36. The van der Waals surface area contributed by atoms with Gasteiger partial charge in [-0.1, -0.05) is 72.8 Å². The number of hydrogen-bond acceptors (Lipinski definition) is 13. The number of carbonyl (C=O) groups is 5. The first-order valence-corrected chi connectivity index (χ1v) is 16.7. The highest BCUT2D eigenvalue weighted by molar-refractivity contribution is 7.48. The molecule has 258 valence electrons. The van der Waals surface area contributed by atoms with Crippen LogP contribution in [0.3, 0.4) is 0 Å². The Morgan fingerprint density at radius 2 is 1.16 bits per heavy atom. The molecule has 0 N–H and O–H groups in total. The van der Waals surface area contributed by atoms with Crippen LogP contribution in [0.5, 0.6) is 0 Å². The molecule has 1 fully saturated rings. The van der Waals surface area contributed by atoms with E-state index in [1.54, 1.807) is 72.8 Å². The second-order valence-corrected chi connectivity index (χ2v) is 12.7. The van der Waals surface area contributed by atoms with Gasteiger partial charge in [0.05, 0.1) is 24.3 Å². The number of imide groups is 1. The Morgan fingerprint density at radius 1 is 0.694 bits per heavy atom. The molecule has 15 heteroatoms. The minimum absolute atomic E-state index is 0.0303. The molecular weight excluding hydrogens is 661 g/mol. The van der Waals surface area contributed by atoms with Crippen LogP contribution in [-0.4, -0.2) is 71.9 Å². The van der Waals surface area contributed by atoms with Crippen molar-refractivity contribution in [1.29, 1.82) is 0 Å². The van der Waals surface area contributed by atoms with Gasteiger partial charge in [-0.15, -0.1) is 0 Å². The summed E-state index contributed by atoms with van der Waals surface area (Å²) in [6.45, 7) is 2.21. The fraction of sp³-hybridized carbons (Fsp3) is 0.324. The summed E-state index contributed by atoms with van der Waals surface area (Å²) in [5, 5.41) is 0. The molecule has 49 heavy (non-hydrogen) atoms. The van der Waals surface area contributed by atoms with Gasteiger partial charge in [0.1, 0.15) is 18.8 Å². The molecule has 3 aromatic rings. The van der Waals surface area contributed by atoms with Crippen molar-refractivity contribution in [2.75, 3.05) is 6.61 Å². The zero-order valence-corrected chi connectivity index (χ0v) is 27.7. The van der Waals surface area contributed by atoms with E-state index < -0.39 is 74.8 Å². The second kappa shape index (κ2) is 15.7. The van der Waals surface area contributed by atoms with Gasteiger partial charge in [-0.3, -0.25) is 42.4 Å². The van der Waals surface area contributed by atoms with Crippen molar-refractivity contribution in [2.45, 2.75) is 64.6 Å². The van der Waals surface area contributed by atoms with Gasteiger partial charge in [0.15, 0.2) is 18.5 Å². The molecule has 0 radical (unpaired) electrons. The fourth-order valence-electron chi connectivity index (χ4n) is 5.40. The van der Waals surface area contributed by atoms with Crippen LogP contribution in [0, 0.1) is 0 Å². The molecular formula is C34H34NO13P. The lowest BCUT2D eigenvalue weighted by atomic mass is 9.95. The highest BCUT2D eigenvalue weighted by Gasteiger charge is 2.59. The molecule has 0 aromatic heterocycles. The number of ether oxygens (including phenoxy) is 4. The summed E-state index contributed by atoms with van der Waals surface area (Å²) in [6.07, 6.45) is -6.52. The van der Waals surface area contributed by atoms with Gasteiger partial charge >= 0.3 is 25.7 Å². The maximum atomic E-state index is 14.5. The fourth-order valence-corrected chi connectivity index (χ4v) is 6.64. The Labute approximate surface area is 281 Å². The average molecular weight is 696 g/mol. The van der Waals surface area contributed by atoms with Crippen LogP contribution in [0.2, 0.25) is 0 Å². The molecule has 0 unspecified atom stereocenters. The summed E-state index contributed by atoms with van der Waals surface area (Å²) in [5.74, 6) is -4.09. The van der Waals surface area contributed by atoms with Crippen LogP contribution < -0.4 is 0 Å². The third-order valence-electron chi connectivity index (χ3n) is 7.49. The molecule has 0 bridgehead atoms. The highest BCUT2D eigenvalue weighted by Crippen LogP contribution is 2.54. The topological polar surface area (TPSA) is 170 Å². The Balaban J connectivity index is 1.59. The summed E-state index contributed by atoms with van der Waals surface area (Å²) in [5.41, 5.74) is 1.28. The molecule has 1 saturated heterocycles. The van der Waals surface area contributed by atoms with Crippen molar-refractivity contribution in [3.63, 3.8) is 0 Å². The van der Waals surface area contributed by atoms with Crippen molar-refractivity contribution in [3.05, 3.63) is 107 Å². The highest BCUT2D eigenvalue weighted by atomic mass is 31.2. The third kappa shape index (κ3) is 8.66. The lowest BCUT2D eigenvalue weighted by Crippen LogP contribution is -2.67. The van der Waals surface area contributed by atoms with Gasteiger partial charge in [-0.05, 0) is 23.3 Å². The molecule has 2 aliphatic rings. The van der Waals surface area contributed by atoms with Crippen molar-refractivity contribution < 1.29 is 61.1 Å². The van der Waals surface area contributed by atoms with Crippen molar-refractivity contribution >= 4 is 37.5 Å². The quantitative estimate of drug-likeness (QED) is 0.107. The van der Waals surface area contributed by atoms with Crippen LogP contribution in [0.25, 0.3) is 0 Å². The van der Waals surface area contributed by atoms with E-state index in [9.17, 15) is 28.5 Å². The van der Waals surface area contributed by atoms with E-state index in [1.165, 1.54) is 12.1 Å². The molecule has 0 spiro atoms. The number of hydrogen-bond donors (Lipinski definition) is 0. The standard InChI is InChI=1S/C34H34NO13P/c1-21(36)42-20-28-30(45-22(2)37)31(46-23(3)38)29(35-32(39)26-16-10-11-17-27(26)33(35)40)34(47-28)48-49(41,43-18-24-12-6-4-7-13-24)44-19-25-14-8-5-9-15-25/h4-17,28-31,34H,18-20H2,1-3H3/t28-,29-,30-,31-,34+/m1/s1. The van der Waals surface area contributed by atoms with E-state index in [0.29, 0.717) is 11.1 Å².